The maximum Gasteiger partial charge on any atom is 0.339 e. The zero-order chi connectivity index (χ0) is 15.5. The van der Waals surface area contributed by atoms with Gasteiger partial charge in [-0.3, -0.25) is 0 Å². The van der Waals surface area contributed by atoms with E-state index in [0.29, 0.717) is 11.3 Å². The van der Waals surface area contributed by atoms with Gasteiger partial charge in [-0.15, -0.1) is 0 Å². The van der Waals surface area contributed by atoms with Crippen molar-refractivity contribution in [3.8, 4) is 11.3 Å². The second-order valence-electron chi connectivity index (χ2n) is 5.05. The zero-order valence-corrected chi connectivity index (χ0v) is 12.3. The van der Waals surface area contributed by atoms with Crippen LogP contribution in [0.1, 0.15) is 23.2 Å². The van der Waals surface area contributed by atoms with Crippen molar-refractivity contribution in [1.82, 2.24) is 9.78 Å². The molecule has 0 atom stereocenters. The number of carbonyl (C=O) groups is 1. The molecule has 0 saturated heterocycles. The number of allylic oxidation sites excluding steroid dienone is 4. The predicted octanol–water partition coefficient (Wildman–Crippen LogP) is 3.11. The van der Waals surface area contributed by atoms with Gasteiger partial charge in [-0.1, -0.05) is 18.2 Å². The molecule has 0 unspecified atom stereocenters. The van der Waals surface area contributed by atoms with Crippen molar-refractivity contribution in [2.75, 3.05) is 12.8 Å². The molecule has 0 spiro atoms. The second-order valence-corrected chi connectivity index (χ2v) is 5.05. The van der Waals surface area contributed by atoms with Crippen LogP contribution >= 0.6 is 0 Å². The topological polar surface area (TPSA) is 70.1 Å². The van der Waals surface area contributed by atoms with Crippen molar-refractivity contribution in [2.45, 2.75) is 12.8 Å². The summed E-state index contributed by atoms with van der Waals surface area (Å²) in [6.07, 6.45) is 10.4. The van der Waals surface area contributed by atoms with Gasteiger partial charge in [-0.2, -0.15) is 5.10 Å². The van der Waals surface area contributed by atoms with Crippen LogP contribution in [0.5, 0.6) is 0 Å². The molecule has 0 amide bonds. The Kier molecular flexibility index (Phi) is 3.78. The predicted molar refractivity (Wildman–Crippen MR) is 86.1 cm³/mol. The van der Waals surface area contributed by atoms with Crippen molar-refractivity contribution in [1.29, 1.82) is 0 Å². The second kappa shape index (κ2) is 5.89. The molecule has 0 radical (unpaired) electrons. The van der Waals surface area contributed by atoms with Crippen LogP contribution in [-0.2, 0) is 4.74 Å². The van der Waals surface area contributed by atoms with Gasteiger partial charge in [0.1, 0.15) is 0 Å². The number of ether oxygens (including phenoxy) is 1. The van der Waals surface area contributed by atoms with E-state index in [4.69, 9.17) is 10.5 Å². The van der Waals surface area contributed by atoms with Gasteiger partial charge in [0.15, 0.2) is 0 Å². The first-order valence-electron chi connectivity index (χ1n) is 7.10. The molecule has 0 bridgehead atoms. The number of methoxy groups -OCH3 is 1. The average Bonchev–Trinajstić information content (AvgIpc) is 3.05. The molecule has 1 aliphatic carbocycles. The minimum absolute atomic E-state index is 0.364. The van der Waals surface area contributed by atoms with Crippen molar-refractivity contribution < 1.29 is 9.53 Å². The number of aromatic nitrogens is 2. The third-order valence-corrected chi connectivity index (χ3v) is 3.58. The summed E-state index contributed by atoms with van der Waals surface area (Å²) in [6.45, 7) is 0. The Hall–Kier alpha value is -2.82. The van der Waals surface area contributed by atoms with E-state index in [9.17, 15) is 4.79 Å². The van der Waals surface area contributed by atoms with Gasteiger partial charge in [0.2, 0.25) is 0 Å². The average molecular weight is 295 g/mol. The smallest absolute Gasteiger partial charge is 0.339 e. The van der Waals surface area contributed by atoms with Gasteiger partial charge < -0.3 is 10.5 Å². The fourth-order valence-corrected chi connectivity index (χ4v) is 2.41. The molecule has 5 nitrogen and oxygen atoms in total. The van der Waals surface area contributed by atoms with Crippen LogP contribution in [-0.4, -0.2) is 22.9 Å². The number of rotatable bonds is 3. The van der Waals surface area contributed by atoms with Crippen molar-refractivity contribution in [3.05, 3.63) is 54.3 Å². The highest BCUT2D eigenvalue weighted by Gasteiger charge is 2.12. The highest BCUT2D eigenvalue weighted by atomic mass is 16.5. The summed E-state index contributed by atoms with van der Waals surface area (Å²) >= 11 is 0. The molecule has 1 heterocycles. The molecule has 0 aliphatic heterocycles. The summed E-state index contributed by atoms with van der Waals surface area (Å²) in [5.74, 6) is -0.438. The Morgan fingerprint density at radius 1 is 1.32 bits per heavy atom. The van der Waals surface area contributed by atoms with Crippen LogP contribution in [0, 0.1) is 0 Å². The van der Waals surface area contributed by atoms with E-state index < -0.39 is 5.97 Å². The number of hydrogen-bond donors (Lipinski definition) is 1. The third-order valence-electron chi connectivity index (χ3n) is 3.58. The van der Waals surface area contributed by atoms with E-state index in [2.05, 4.69) is 23.3 Å². The van der Waals surface area contributed by atoms with Gasteiger partial charge in [-0.05, 0) is 37.1 Å². The van der Waals surface area contributed by atoms with Crippen LogP contribution in [0.3, 0.4) is 0 Å². The van der Waals surface area contributed by atoms with E-state index in [0.717, 1.165) is 29.8 Å². The third kappa shape index (κ3) is 2.65. The Morgan fingerprint density at radius 3 is 2.86 bits per heavy atom. The van der Waals surface area contributed by atoms with E-state index in [1.807, 2.05) is 23.0 Å². The van der Waals surface area contributed by atoms with Crippen molar-refractivity contribution >= 4 is 17.4 Å². The maximum atomic E-state index is 11.6. The monoisotopic (exact) mass is 295 g/mol. The van der Waals surface area contributed by atoms with Crippen LogP contribution < -0.4 is 5.73 Å². The molecule has 2 aromatic rings. The standard InChI is InChI=1S/C17H17N3O2/c1-22-17(21)14-8-7-12(11-15(14)18)16-9-10-20(19-16)13-5-3-2-4-6-13/h3,5-11H,2,4,18H2,1H3. The van der Waals surface area contributed by atoms with Gasteiger partial charge in [0.25, 0.3) is 0 Å². The number of hydrogen-bond acceptors (Lipinski definition) is 4. The van der Waals surface area contributed by atoms with Crippen LogP contribution in [0.4, 0.5) is 5.69 Å². The van der Waals surface area contributed by atoms with Crippen LogP contribution in [0.2, 0.25) is 0 Å². The molecule has 0 fully saturated rings. The number of esters is 1. The number of carbonyl (C=O) groups excluding carboxylic acids is 1. The van der Waals surface area contributed by atoms with Crippen molar-refractivity contribution in [2.24, 2.45) is 0 Å². The van der Waals surface area contributed by atoms with E-state index in [1.54, 1.807) is 12.1 Å². The lowest BCUT2D eigenvalue weighted by molar-refractivity contribution is 0.0602. The molecule has 5 heteroatoms. The van der Waals surface area contributed by atoms with Gasteiger partial charge >= 0.3 is 5.97 Å². The lowest BCUT2D eigenvalue weighted by atomic mass is 10.1. The molecular formula is C17H17N3O2. The Balaban J connectivity index is 1.90. The fourth-order valence-electron chi connectivity index (χ4n) is 2.41. The molecule has 0 saturated carbocycles. The number of nitrogens with zero attached hydrogens (tertiary/aromatic N) is 2. The minimum Gasteiger partial charge on any atom is -0.465 e. The molecule has 1 aromatic heterocycles. The highest BCUT2D eigenvalue weighted by molar-refractivity contribution is 5.96. The van der Waals surface area contributed by atoms with Crippen LogP contribution in [0.25, 0.3) is 17.0 Å². The van der Waals surface area contributed by atoms with E-state index in [1.165, 1.54) is 7.11 Å². The van der Waals surface area contributed by atoms with E-state index >= 15 is 0 Å². The first kappa shape index (κ1) is 14.1. The Morgan fingerprint density at radius 2 is 2.18 bits per heavy atom. The summed E-state index contributed by atoms with van der Waals surface area (Å²) in [7, 11) is 1.34. The number of nitrogen functional groups attached to an aromatic ring is 1. The molecule has 2 N–H and O–H groups in total. The number of benzene rings is 1. The first-order valence-corrected chi connectivity index (χ1v) is 7.10. The summed E-state index contributed by atoms with van der Waals surface area (Å²) in [4.78, 5) is 11.6. The summed E-state index contributed by atoms with van der Waals surface area (Å²) in [6, 6.07) is 7.15. The highest BCUT2D eigenvalue weighted by Crippen LogP contribution is 2.24. The van der Waals surface area contributed by atoms with Gasteiger partial charge in [-0.25, -0.2) is 9.48 Å². The quantitative estimate of drug-likeness (QED) is 0.697. The summed E-state index contributed by atoms with van der Waals surface area (Å²) < 4.78 is 6.54. The van der Waals surface area contributed by atoms with Gasteiger partial charge in [0, 0.05) is 17.4 Å². The van der Waals surface area contributed by atoms with Crippen molar-refractivity contribution in [3.63, 3.8) is 0 Å². The Bertz CT molecular complexity index is 772. The lowest BCUT2D eigenvalue weighted by Gasteiger charge is -2.07. The molecule has 3 rings (SSSR count). The molecule has 112 valence electrons. The summed E-state index contributed by atoms with van der Waals surface area (Å²) in [5, 5.41) is 4.57. The number of anilines is 1. The largest absolute Gasteiger partial charge is 0.465 e. The maximum absolute atomic E-state index is 11.6. The number of nitrogens with two attached hydrogens (primary N) is 1. The Labute approximate surface area is 128 Å². The zero-order valence-electron chi connectivity index (χ0n) is 12.3. The fraction of sp³-hybridized carbons (Fsp3) is 0.176. The van der Waals surface area contributed by atoms with E-state index in [-0.39, 0.29) is 0 Å². The van der Waals surface area contributed by atoms with Crippen LogP contribution in [0.15, 0.2) is 48.7 Å². The molecule has 22 heavy (non-hydrogen) atoms. The molecule has 1 aliphatic rings. The molecule has 1 aromatic carbocycles. The minimum atomic E-state index is -0.438. The normalized spacial score (nSPS) is 13.8. The SMILES string of the molecule is COC(=O)c1ccc(-c2ccn(C3=CCCC=C3)n2)cc1N. The molecular weight excluding hydrogens is 278 g/mol. The van der Waals surface area contributed by atoms with Gasteiger partial charge in [0.05, 0.1) is 24.1 Å². The lowest BCUT2D eigenvalue weighted by Crippen LogP contribution is -2.05. The summed E-state index contributed by atoms with van der Waals surface area (Å²) in [5.41, 5.74) is 9.42. The first-order chi connectivity index (χ1) is 10.7.